The van der Waals surface area contributed by atoms with Crippen molar-refractivity contribution in [1.82, 2.24) is 0 Å². The van der Waals surface area contributed by atoms with Crippen LogP contribution in [0.3, 0.4) is 0 Å². The number of carbonyl (C=O) groups is 1. The first-order valence-electron chi connectivity index (χ1n) is 2.91. The molecule has 1 rings (SSSR count). The van der Waals surface area contributed by atoms with Gasteiger partial charge in [-0.1, -0.05) is 6.42 Å². The van der Waals surface area contributed by atoms with Crippen LogP contribution in [0.4, 0.5) is 0 Å². The molecule has 1 aliphatic carbocycles. The van der Waals surface area contributed by atoms with Crippen molar-refractivity contribution in [2.45, 2.75) is 32.1 Å². The van der Waals surface area contributed by atoms with E-state index in [0.29, 0.717) is 5.78 Å². The molecule has 0 spiro atoms. The molecule has 0 atom stereocenters. The van der Waals surface area contributed by atoms with Gasteiger partial charge in [-0.25, -0.2) is 0 Å². The van der Waals surface area contributed by atoms with Crippen LogP contribution in [-0.2, 0) is 4.79 Å². The van der Waals surface area contributed by atoms with E-state index in [1.807, 2.05) is 0 Å². The molecule has 0 unspecified atom stereocenters. The topological polar surface area (TPSA) is 17.1 Å². The number of rotatable bonds is 0. The van der Waals surface area contributed by atoms with E-state index in [1.54, 1.807) is 0 Å². The van der Waals surface area contributed by atoms with E-state index in [4.69, 9.17) is 0 Å². The molecule has 48 valence electrons. The van der Waals surface area contributed by atoms with E-state index >= 15 is 0 Å². The summed E-state index contributed by atoms with van der Waals surface area (Å²) in [5, 5.41) is 0. The van der Waals surface area contributed by atoms with Crippen LogP contribution < -0.4 is 0 Å². The van der Waals surface area contributed by atoms with Gasteiger partial charge < -0.3 is 0 Å². The fraction of sp³-hybridized carbons (Fsp3) is 0.833. The van der Waals surface area contributed by atoms with E-state index in [0.717, 1.165) is 25.7 Å². The zero-order chi connectivity index (χ0) is 5.11. The summed E-state index contributed by atoms with van der Waals surface area (Å²) < 4.78 is 0. The maximum absolute atomic E-state index is 10.5. The molecular formula is C6H11AtO. The molecule has 0 heterocycles. The van der Waals surface area contributed by atoms with Crippen molar-refractivity contribution in [3.63, 3.8) is 0 Å². The summed E-state index contributed by atoms with van der Waals surface area (Å²) in [7, 11) is 0. The molecule has 0 saturated heterocycles. The molecule has 0 aliphatic heterocycles. The molecule has 0 amide bonds. The first kappa shape index (κ1) is 8.55. The maximum atomic E-state index is 10.5. The zero-order valence-electron chi connectivity index (χ0n) is 4.85. The Labute approximate surface area is 69.0 Å². The molecule has 1 saturated carbocycles. The van der Waals surface area contributed by atoms with Gasteiger partial charge in [0, 0.05) is 12.8 Å². The molecular weight excluding hydrogens is 298 g/mol. The Morgan fingerprint density at radius 2 is 1.50 bits per heavy atom. The fourth-order valence-corrected chi connectivity index (χ4v) is 0.946. The van der Waals surface area contributed by atoms with E-state index in [9.17, 15) is 4.79 Å². The van der Waals surface area contributed by atoms with Gasteiger partial charge in [0.05, 0.1) is 0 Å². The van der Waals surface area contributed by atoms with Crippen molar-refractivity contribution in [2.24, 2.45) is 0 Å². The monoisotopic (exact) mass is 309 g/mol. The second kappa shape index (κ2) is 4.43. The fourth-order valence-electron chi connectivity index (χ4n) is 0.946. The summed E-state index contributed by atoms with van der Waals surface area (Å²) in [6.07, 6.45) is 5.24. The normalized spacial score (nSPS) is 19.8. The Hall–Kier alpha value is 0.553. The van der Waals surface area contributed by atoms with Crippen molar-refractivity contribution < 1.29 is 31.0 Å². The van der Waals surface area contributed by atoms with Crippen LogP contribution in [0.2, 0.25) is 0 Å². The summed E-state index contributed by atoms with van der Waals surface area (Å²) in [6, 6.07) is 0. The van der Waals surface area contributed by atoms with Gasteiger partial charge in [-0.2, -0.15) is 0 Å². The Balaban J connectivity index is 0.000000490. The molecule has 0 N–H and O–H groups in total. The summed E-state index contributed by atoms with van der Waals surface area (Å²) in [5.74, 6) is 0.464. The van der Waals surface area contributed by atoms with Crippen LogP contribution in [0.15, 0.2) is 0 Å². The van der Waals surface area contributed by atoms with Crippen LogP contribution in [0.1, 0.15) is 32.1 Å². The van der Waals surface area contributed by atoms with E-state index < -0.39 is 0 Å². The van der Waals surface area contributed by atoms with Crippen LogP contribution in [0.25, 0.3) is 0 Å². The standard InChI is InChI=1S/C6H10O.AtH/c7-6-4-2-1-3-5-6;/h1-5H2;1H. The number of carbonyl (C=O) groups excluding carboxylic acids is 1. The average Bonchev–Trinajstić information content (AvgIpc) is 1.69. The van der Waals surface area contributed by atoms with Gasteiger partial charge in [-0.3, -0.25) is 4.79 Å². The third-order valence-corrected chi connectivity index (χ3v) is 1.41. The summed E-state index contributed by atoms with van der Waals surface area (Å²) in [4.78, 5) is 10.5. The average molecular weight is 309 g/mol. The summed E-state index contributed by atoms with van der Waals surface area (Å²) in [5.41, 5.74) is 0. The quantitative estimate of drug-likeness (QED) is 0.658. The van der Waals surface area contributed by atoms with Crippen LogP contribution in [0.5, 0.6) is 0 Å². The molecule has 1 fully saturated rings. The molecule has 0 radical (unpaired) electrons. The van der Waals surface area contributed by atoms with E-state index in [-0.39, 0.29) is 26.2 Å². The zero-order valence-corrected chi connectivity index (χ0v) is 8.03. The van der Waals surface area contributed by atoms with Gasteiger partial charge >= 0.3 is 26.2 Å². The molecule has 8 heavy (non-hydrogen) atoms. The van der Waals surface area contributed by atoms with Gasteiger partial charge in [-0.05, 0) is 12.8 Å². The van der Waals surface area contributed by atoms with Crippen molar-refractivity contribution in [3.8, 4) is 0 Å². The second-order valence-electron chi connectivity index (χ2n) is 2.10. The Morgan fingerprint density at radius 1 is 1.00 bits per heavy atom. The summed E-state index contributed by atoms with van der Waals surface area (Å²) >= 11 is 0. The minimum absolute atomic E-state index is 0. The van der Waals surface area contributed by atoms with Crippen LogP contribution >= 0.6 is 0 Å². The second-order valence-corrected chi connectivity index (χ2v) is 2.10. The first-order valence-corrected chi connectivity index (χ1v) is 2.91. The molecule has 0 aromatic heterocycles. The molecule has 0 aromatic carbocycles. The molecule has 1 nitrogen and oxygen atoms in total. The van der Waals surface area contributed by atoms with Crippen molar-refractivity contribution in [3.05, 3.63) is 0 Å². The van der Waals surface area contributed by atoms with Gasteiger partial charge in [0.15, 0.2) is 0 Å². The first-order chi connectivity index (χ1) is 3.39. The third kappa shape index (κ3) is 2.76. The number of ketones is 1. The molecule has 0 aromatic rings. The number of hydrogen-bond donors (Lipinski definition) is 0. The third-order valence-electron chi connectivity index (χ3n) is 1.41. The predicted octanol–water partition coefficient (Wildman–Crippen LogP) is 1.25. The predicted molar refractivity (Wildman–Crippen MR) is 29.5 cm³/mol. The van der Waals surface area contributed by atoms with Gasteiger partial charge in [0.25, 0.3) is 0 Å². The van der Waals surface area contributed by atoms with Crippen LogP contribution in [-0.4, -0.2) is 5.78 Å². The van der Waals surface area contributed by atoms with Gasteiger partial charge in [0.2, 0.25) is 0 Å². The SMILES string of the molecule is O=C1CCCCC1.[AtH]. The summed E-state index contributed by atoms with van der Waals surface area (Å²) in [6.45, 7) is 0. The Morgan fingerprint density at radius 3 is 1.75 bits per heavy atom. The number of Topliss-reactive ketones (excluding diaryl/α,β-unsaturated/α-hetero) is 1. The number of hydrogen-bond acceptors (Lipinski definition) is 1. The Bertz CT molecular complexity index is 72.6. The van der Waals surface area contributed by atoms with Crippen molar-refractivity contribution in [1.29, 1.82) is 0 Å². The van der Waals surface area contributed by atoms with E-state index in [1.165, 1.54) is 6.42 Å². The van der Waals surface area contributed by atoms with Crippen molar-refractivity contribution in [2.75, 3.05) is 0 Å². The van der Waals surface area contributed by atoms with Crippen molar-refractivity contribution >= 4 is 5.78 Å². The molecule has 0 bridgehead atoms. The minimum atomic E-state index is 0. The molecule has 1 aliphatic rings. The van der Waals surface area contributed by atoms with Crippen LogP contribution in [0, 0.1) is 26.2 Å². The Kier molecular flexibility index (Phi) is 4.74. The van der Waals surface area contributed by atoms with Gasteiger partial charge in [-0.15, -0.1) is 0 Å². The van der Waals surface area contributed by atoms with Gasteiger partial charge in [0.1, 0.15) is 5.78 Å². The van der Waals surface area contributed by atoms with E-state index in [2.05, 4.69) is 0 Å². The molecule has 2 heteroatoms.